The monoisotopic (exact) mass is 211 g/mol. The van der Waals surface area contributed by atoms with Gasteiger partial charge < -0.3 is 0 Å². The summed E-state index contributed by atoms with van der Waals surface area (Å²) in [6.07, 6.45) is 7.02. The van der Waals surface area contributed by atoms with Gasteiger partial charge in [0.25, 0.3) is 0 Å². The van der Waals surface area contributed by atoms with Crippen molar-refractivity contribution in [2.45, 2.75) is 45.6 Å². The molecule has 84 valence electrons. The molecule has 0 unspecified atom stereocenters. The summed E-state index contributed by atoms with van der Waals surface area (Å²) in [7, 11) is 0. The van der Waals surface area contributed by atoms with Crippen LogP contribution < -0.4 is 0 Å². The van der Waals surface area contributed by atoms with Gasteiger partial charge >= 0.3 is 5.69 Å². The van der Waals surface area contributed by atoms with Crippen molar-refractivity contribution in [3.8, 4) is 0 Å². The van der Waals surface area contributed by atoms with Gasteiger partial charge in [-0.15, -0.1) is 0 Å². The van der Waals surface area contributed by atoms with Crippen LogP contribution in [0, 0.1) is 10.1 Å². The first-order valence-corrected chi connectivity index (χ1v) is 5.37. The lowest BCUT2D eigenvalue weighted by Crippen LogP contribution is -2.09. The van der Waals surface area contributed by atoms with Gasteiger partial charge in [-0.1, -0.05) is 26.7 Å². The molecule has 0 atom stereocenters. The van der Waals surface area contributed by atoms with Crippen LogP contribution in [0.1, 0.15) is 45.6 Å². The Labute approximate surface area is 89.2 Å². The van der Waals surface area contributed by atoms with Crippen molar-refractivity contribution in [2.24, 2.45) is 0 Å². The van der Waals surface area contributed by atoms with Crippen LogP contribution in [0.15, 0.2) is 12.4 Å². The van der Waals surface area contributed by atoms with Crippen molar-refractivity contribution < 1.29 is 4.92 Å². The SMILES string of the molecule is CCCC(CCC)n1cc([N+](=O)[O-])cn1. The lowest BCUT2D eigenvalue weighted by Gasteiger charge is -2.14. The average molecular weight is 211 g/mol. The molecule has 0 spiro atoms. The van der Waals surface area contributed by atoms with Crippen LogP contribution in [-0.2, 0) is 0 Å². The van der Waals surface area contributed by atoms with E-state index in [0.29, 0.717) is 6.04 Å². The molecule has 0 amide bonds. The zero-order valence-corrected chi connectivity index (χ0v) is 9.22. The second kappa shape index (κ2) is 5.48. The van der Waals surface area contributed by atoms with Crippen molar-refractivity contribution in [1.29, 1.82) is 0 Å². The van der Waals surface area contributed by atoms with Crippen molar-refractivity contribution in [3.05, 3.63) is 22.5 Å². The Morgan fingerprint density at radius 1 is 1.47 bits per heavy atom. The fourth-order valence-corrected chi connectivity index (χ4v) is 1.70. The first-order chi connectivity index (χ1) is 7.19. The van der Waals surface area contributed by atoms with E-state index >= 15 is 0 Å². The smallest absolute Gasteiger partial charge is 0.263 e. The molecule has 5 nitrogen and oxygen atoms in total. The maximum Gasteiger partial charge on any atom is 0.307 e. The highest BCUT2D eigenvalue weighted by Gasteiger charge is 2.14. The summed E-state index contributed by atoms with van der Waals surface area (Å²) >= 11 is 0. The molecule has 1 aromatic heterocycles. The van der Waals surface area contributed by atoms with E-state index in [0.717, 1.165) is 25.7 Å². The molecule has 15 heavy (non-hydrogen) atoms. The van der Waals surface area contributed by atoms with E-state index in [2.05, 4.69) is 18.9 Å². The van der Waals surface area contributed by atoms with E-state index in [1.54, 1.807) is 4.68 Å². The standard InChI is InChI=1S/C10H17N3O2/c1-3-5-9(6-4-2)12-8-10(7-11-12)13(14)15/h7-9H,3-6H2,1-2H3. The lowest BCUT2D eigenvalue weighted by molar-refractivity contribution is -0.385. The quantitative estimate of drug-likeness (QED) is 0.537. The van der Waals surface area contributed by atoms with Crippen molar-refractivity contribution >= 4 is 5.69 Å². The Bertz CT molecular complexity index is 316. The van der Waals surface area contributed by atoms with E-state index in [1.807, 2.05) is 0 Å². The van der Waals surface area contributed by atoms with Crippen LogP contribution in [0.5, 0.6) is 0 Å². The van der Waals surface area contributed by atoms with Gasteiger partial charge in [0.05, 0.1) is 11.0 Å². The zero-order valence-electron chi connectivity index (χ0n) is 9.22. The molecule has 1 heterocycles. The molecule has 1 rings (SSSR count). The molecule has 0 fully saturated rings. The minimum atomic E-state index is -0.404. The molecule has 0 radical (unpaired) electrons. The number of rotatable bonds is 6. The normalized spacial score (nSPS) is 10.9. The average Bonchev–Trinajstić information content (AvgIpc) is 2.66. The molecule has 0 saturated heterocycles. The minimum Gasteiger partial charge on any atom is -0.263 e. The Kier molecular flexibility index (Phi) is 4.27. The number of nitrogens with zero attached hydrogens (tertiary/aromatic N) is 3. The third kappa shape index (κ3) is 3.04. The second-order valence-corrected chi connectivity index (χ2v) is 3.67. The third-order valence-electron chi connectivity index (χ3n) is 2.42. The summed E-state index contributed by atoms with van der Waals surface area (Å²) in [5, 5.41) is 14.6. The molecule has 0 aliphatic heterocycles. The van der Waals surface area contributed by atoms with Gasteiger partial charge in [0.1, 0.15) is 12.4 Å². The first kappa shape index (κ1) is 11.7. The van der Waals surface area contributed by atoms with Gasteiger partial charge in [-0.25, -0.2) is 0 Å². The summed E-state index contributed by atoms with van der Waals surface area (Å²) in [4.78, 5) is 10.1. The van der Waals surface area contributed by atoms with Crippen LogP contribution in [0.2, 0.25) is 0 Å². The Hall–Kier alpha value is -1.39. The molecule has 0 saturated carbocycles. The van der Waals surface area contributed by atoms with Gasteiger partial charge in [0, 0.05) is 0 Å². The number of aromatic nitrogens is 2. The summed E-state index contributed by atoms with van der Waals surface area (Å²) < 4.78 is 1.73. The molecule has 0 aliphatic carbocycles. The van der Waals surface area contributed by atoms with Crippen LogP contribution in [0.25, 0.3) is 0 Å². The predicted octanol–water partition coefficient (Wildman–Crippen LogP) is 2.93. The maximum absolute atomic E-state index is 10.5. The van der Waals surface area contributed by atoms with Gasteiger partial charge in [0.2, 0.25) is 0 Å². The highest BCUT2D eigenvalue weighted by molar-refractivity contribution is 5.20. The van der Waals surface area contributed by atoms with Gasteiger partial charge in [-0.05, 0) is 12.8 Å². The van der Waals surface area contributed by atoms with Gasteiger partial charge in [0.15, 0.2) is 0 Å². The lowest BCUT2D eigenvalue weighted by atomic mass is 10.1. The number of nitro groups is 1. The van der Waals surface area contributed by atoms with Crippen LogP contribution in [0.4, 0.5) is 5.69 Å². The van der Waals surface area contributed by atoms with Crippen molar-refractivity contribution in [1.82, 2.24) is 9.78 Å². The molecule has 0 N–H and O–H groups in total. The van der Waals surface area contributed by atoms with E-state index < -0.39 is 4.92 Å². The summed E-state index contributed by atoms with van der Waals surface area (Å²) in [6, 6.07) is 0.300. The molecule has 0 bridgehead atoms. The zero-order chi connectivity index (χ0) is 11.3. The molecule has 1 aromatic rings. The van der Waals surface area contributed by atoms with E-state index in [4.69, 9.17) is 0 Å². The van der Waals surface area contributed by atoms with E-state index in [9.17, 15) is 10.1 Å². The Morgan fingerprint density at radius 3 is 2.47 bits per heavy atom. The second-order valence-electron chi connectivity index (χ2n) is 3.67. The van der Waals surface area contributed by atoms with E-state index in [-0.39, 0.29) is 5.69 Å². The number of hydrogen-bond acceptors (Lipinski definition) is 3. The summed E-state index contributed by atoms with van der Waals surface area (Å²) in [5.74, 6) is 0. The molecule has 0 aromatic carbocycles. The largest absolute Gasteiger partial charge is 0.307 e. The predicted molar refractivity (Wildman–Crippen MR) is 57.7 cm³/mol. The van der Waals surface area contributed by atoms with E-state index in [1.165, 1.54) is 12.4 Å². The third-order valence-corrected chi connectivity index (χ3v) is 2.42. The topological polar surface area (TPSA) is 61.0 Å². The highest BCUT2D eigenvalue weighted by atomic mass is 16.6. The fourth-order valence-electron chi connectivity index (χ4n) is 1.70. The highest BCUT2D eigenvalue weighted by Crippen LogP contribution is 2.21. The molecular formula is C10H17N3O2. The fraction of sp³-hybridized carbons (Fsp3) is 0.700. The molecule has 5 heteroatoms. The summed E-state index contributed by atoms with van der Waals surface area (Å²) in [5.41, 5.74) is 0.0761. The van der Waals surface area contributed by atoms with Crippen LogP contribution in [-0.4, -0.2) is 14.7 Å². The Balaban J connectivity index is 2.76. The number of hydrogen-bond donors (Lipinski definition) is 0. The molecule has 0 aliphatic rings. The van der Waals surface area contributed by atoms with Gasteiger partial charge in [-0.2, -0.15) is 5.10 Å². The first-order valence-electron chi connectivity index (χ1n) is 5.37. The van der Waals surface area contributed by atoms with Crippen LogP contribution in [0.3, 0.4) is 0 Å². The maximum atomic E-state index is 10.5. The van der Waals surface area contributed by atoms with Gasteiger partial charge in [-0.3, -0.25) is 14.8 Å². The minimum absolute atomic E-state index is 0.0761. The van der Waals surface area contributed by atoms with Crippen molar-refractivity contribution in [2.75, 3.05) is 0 Å². The summed E-state index contributed by atoms with van der Waals surface area (Å²) in [6.45, 7) is 4.22. The van der Waals surface area contributed by atoms with Crippen LogP contribution >= 0.6 is 0 Å². The molecular weight excluding hydrogens is 194 g/mol. The van der Waals surface area contributed by atoms with Crippen molar-refractivity contribution in [3.63, 3.8) is 0 Å². The Morgan fingerprint density at radius 2 is 2.07 bits per heavy atom.